The zero-order chi connectivity index (χ0) is 68.4. The highest BCUT2D eigenvalue weighted by molar-refractivity contribution is 7.47. The van der Waals surface area contributed by atoms with Gasteiger partial charge >= 0.3 is 39.5 Å². The summed E-state index contributed by atoms with van der Waals surface area (Å²) in [5.74, 6) is -1.33. The first kappa shape index (κ1) is 91.1. The summed E-state index contributed by atoms with van der Waals surface area (Å²) in [6.45, 7) is 7.29. The number of carbonyl (C=O) groups excluding carboxylic acids is 4. The summed E-state index contributed by atoms with van der Waals surface area (Å²) in [7, 11) is -9.90. The molecule has 19 heteroatoms. The van der Waals surface area contributed by atoms with Crippen molar-refractivity contribution in [2.24, 2.45) is 5.92 Å². The fourth-order valence-corrected chi connectivity index (χ4v) is 12.9. The van der Waals surface area contributed by atoms with Crippen LogP contribution in [0.15, 0.2) is 0 Å². The van der Waals surface area contributed by atoms with Crippen molar-refractivity contribution in [3.8, 4) is 0 Å². The number of hydrogen-bond donors (Lipinski definition) is 3. The monoisotopic (exact) mass is 1370 g/mol. The molecule has 0 fully saturated rings. The van der Waals surface area contributed by atoms with Crippen LogP contribution >= 0.6 is 15.6 Å². The highest BCUT2D eigenvalue weighted by Crippen LogP contribution is 2.45. The van der Waals surface area contributed by atoms with Crippen molar-refractivity contribution in [3.63, 3.8) is 0 Å². The minimum Gasteiger partial charge on any atom is -0.462 e. The number of phosphoric ester groups is 2. The molecule has 5 atom stereocenters. The van der Waals surface area contributed by atoms with Crippen molar-refractivity contribution in [1.29, 1.82) is 0 Å². The van der Waals surface area contributed by atoms with Crippen LogP contribution in [0.5, 0.6) is 0 Å². The molecule has 0 spiro atoms. The van der Waals surface area contributed by atoms with Crippen molar-refractivity contribution in [1.82, 2.24) is 0 Å². The van der Waals surface area contributed by atoms with Gasteiger partial charge in [-0.2, -0.15) is 0 Å². The van der Waals surface area contributed by atoms with E-state index in [-0.39, 0.29) is 25.7 Å². The van der Waals surface area contributed by atoms with E-state index in [4.69, 9.17) is 37.0 Å². The quantitative estimate of drug-likeness (QED) is 0.0222. The van der Waals surface area contributed by atoms with Gasteiger partial charge in [-0.15, -0.1) is 0 Å². The lowest BCUT2D eigenvalue weighted by Gasteiger charge is -2.21. The van der Waals surface area contributed by atoms with Crippen LogP contribution in [0.4, 0.5) is 0 Å². The van der Waals surface area contributed by atoms with Crippen LogP contribution in [-0.4, -0.2) is 96.7 Å². The van der Waals surface area contributed by atoms with Crippen molar-refractivity contribution in [2.75, 3.05) is 39.6 Å². The van der Waals surface area contributed by atoms with Gasteiger partial charge in [0, 0.05) is 25.7 Å². The number of aliphatic hydroxyl groups excluding tert-OH is 1. The van der Waals surface area contributed by atoms with Gasteiger partial charge in [0.2, 0.25) is 0 Å². The van der Waals surface area contributed by atoms with Crippen molar-refractivity contribution >= 4 is 39.5 Å². The average molecular weight is 1370 g/mol. The van der Waals surface area contributed by atoms with Crippen LogP contribution < -0.4 is 0 Å². The Hall–Kier alpha value is -1.94. The van der Waals surface area contributed by atoms with Crippen LogP contribution in [-0.2, 0) is 65.4 Å². The fraction of sp³-hybridized carbons (Fsp3) is 0.946. The van der Waals surface area contributed by atoms with Gasteiger partial charge in [0.25, 0.3) is 0 Å². The molecule has 0 saturated heterocycles. The third kappa shape index (κ3) is 68.4. The van der Waals surface area contributed by atoms with E-state index in [2.05, 4.69) is 34.6 Å². The van der Waals surface area contributed by atoms with Gasteiger partial charge in [-0.1, -0.05) is 336 Å². The first-order chi connectivity index (χ1) is 45.0. The number of hydrogen-bond acceptors (Lipinski definition) is 15. The average Bonchev–Trinajstić information content (AvgIpc) is 3.73. The van der Waals surface area contributed by atoms with Gasteiger partial charge in [0.1, 0.15) is 19.3 Å². The van der Waals surface area contributed by atoms with Crippen LogP contribution in [0, 0.1) is 5.92 Å². The van der Waals surface area contributed by atoms with E-state index >= 15 is 0 Å². The summed E-state index contributed by atoms with van der Waals surface area (Å²) in [6.07, 6.45) is 55.3. The third-order valence-electron chi connectivity index (χ3n) is 17.3. The summed E-state index contributed by atoms with van der Waals surface area (Å²) in [5, 5.41) is 10.6. The Bertz CT molecular complexity index is 1790. The molecule has 3 N–H and O–H groups in total. The second kappa shape index (κ2) is 67.3. The van der Waals surface area contributed by atoms with E-state index in [0.717, 1.165) is 95.8 Å². The number of aliphatic hydroxyl groups is 1. The third-order valence-corrected chi connectivity index (χ3v) is 19.2. The Kier molecular flexibility index (Phi) is 65.9. The van der Waals surface area contributed by atoms with Gasteiger partial charge in [0.15, 0.2) is 12.2 Å². The first-order valence-electron chi connectivity index (χ1n) is 38.6. The largest absolute Gasteiger partial charge is 0.472 e. The Labute approximate surface area is 568 Å². The molecular formula is C74H144O17P2. The minimum atomic E-state index is -4.95. The van der Waals surface area contributed by atoms with Gasteiger partial charge in [-0.05, 0) is 31.6 Å². The molecule has 552 valence electrons. The lowest BCUT2D eigenvalue weighted by Crippen LogP contribution is -2.30. The van der Waals surface area contributed by atoms with Gasteiger partial charge in [-0.25, -0.2) is 9.13 Å². The molecule has 0 aromatic carbocycles. The minimum absolute atomic E-state index is 0.107. The molecule has 93 heavy (non-hydrogen) atoms. The van der Waals surface area contributed by atoms with E-state index in [1.54, 1.807) is 0 Å². The maximum atomic E-state index is 13.1. The van der Waals surface area contributed by atoms with Crippen LogP contribution in [0.3, 0.4) is 0 Å². The lowest BCUT2D eigenvalue weighted by atomic mass is 10.0. The zero-order valence-corrected chi connectivity index (χ0v) is 62.2. The predicted molar refractivity (Wildman–Crippen MR) is 377 cm³/mol. The standard InChI is InChI=1S/C74H144O17P2/c1-6-9-12-15-18-21-24-25-26-29-34-38-43-48-53-58-72(77)85-64-70(91-74(79)60-55-50-45-40-35-30-27-28-33-36-41-46-51-56-67(4)5)66-89-93(82,83)87-62-68(75)61-86-92(80,81)88-65-69(90-73(78)59-54-49-44-39-32-23-20-17-14-11-8-3)63-84-71(76)57-52-47-42-37-31-22-19-16-13-10-7-2/h67-70,75H,6-66H2,1-5H3,(H,80,81)(H,82,83)/t68-,69+,70+/m0/s1. The predicted octanol–water partition coefficient (Wildman–Crippen LogP) is 21.7. The molecule has 0 radical (unpaired) electrons. The van der Waals surface area contributed by atoms with Crippen LogP contribution in [0.1, 0.15) is 388 Å². The van der Waals surface area contributed by atoms with E-state index in [0.29, 0.717) is 25.7 Å². The molecule has 0 saturated carbocycles. The smallest absolute Gasteiger partial charge is 0.462 e. The highest BCUT2D eigenvalue weighted by atomic mass is 31.2. The van der Waals surface area contributed by atoms with Crippen LogP contribution in [0.2, 0.25) is 0 Å². The molecule has 0 aliphatic carbocycles. The number of unbranched alkanes of at least 4 members (excludes halogenated alkanes) is 46. The first-order valence-corrected chi connectivity index (χ1v) is 41.6. The van der Waals surface area contributed by atoms with Crippen molar-refractivity contribution in [3.05, 3.63) is 0 Å². The Morgan fingerprint density at radius 1 is 0.290 bits per heavy atom. The molecule has 0 aliphatic rings. The van der Waals surface area contributed by atoms with Gasteiger partial charge in [-0.3, -0.25) is 37.3 Å². The molecule has 0 amide bonds. The molecule has 0 aliphatic heterocycles. The Balaban J connectivity index is 5.24. The summed E-state index contributed by atoms with van der Waals surface area (Å²) >= 11 is 0. The van der Waals surface area contributed by atoms with E-state index in [1.807, 2.05) is 0 Å². The lowest BCUT2D eigenvalue weighted by molar-refractivity contribution is -0.161. The SMILES string of the molecule is CCCCCCCCCCCCCCCCCC(=O)OC[C@H](COP(=O)(O)OC[C@@H](O)COP(=O)(O)OC[C@@H](COC(=O)CCCCCCCCCCCCC)OC(=O)CCCCCCCCCCCCC)OC(=O)CCCCCCCCCCCCCCCC(C)C. The molecule has 17 nitrogen and oxygen atoms in total. The number of rotatable bonds is 74. The van der Waals surface area contributed by atoms with E-state index < -0.39 is 97.5 Å². The fourth-order valence-electron chi connectivity index (χ4n) is 11.4. The summed E-state index contributed by atoms with van der Waals surface area (Å²) < 4.78 is 68.4. The maximum Gasteiger partial charge on any atom is 0.472 e. The van der Waals surface area contributed by atoms with Crippen molar-refractivity contribution in [2.45, 2.75) is 406 Å². The van der Waals surface area contributed by atoms with Crippen LogP contribution in [0.25, 0.3) is 0 Å². The van der Waals surface area contributed by atoms with E-state index in [9.17, 15) is 43.2 Å². The molecule has 0 aromatic rings. The molecule has 0 bridgehead atoms. The summed E-state index contributed by atoms with van der Waals surface area (Å²) in [4.78, 5) is 72.7. The van der Waals surface area contributed by atoms with Crippen molar-refractivity contribution < 1.29 is 80.2 Å². The Morgan fingerprint density at radius 3 is 0.731 bits per heavy atom. The van der Waals surface area contributed by atoms with Gasteiger partial charge < -0.3 is 33.8 Å². The molecule has 0 heterocycles. The molecule has 0 aromatic heterocycles. The van der Waals surface area contributed by atoms with Gasteiger partial charge in [0.05, 0.1) is 26.4 Å². The Morgan fingerprint density at radius 2 is 0.495 bits per heavy atom. The van der Waals surface area contributed by atoms with E-state index in [1.165, 1.54) is 212 Å². The second-order valence-corrected chi connectivity index (χ2v) is 30.1. The number of ether oxygens (including phenoxy) is 4. The number of phosphoric acid groups is 2. The number of esters is 4. The maximum absolute atomic E-state index is 13.1. The molecule has 0 rings (SSSR count). The molecule has 2 unspecified atom stereocenters. The summed E-state index contributed by atoms with van der Waals surface area (Å²) in [5.41, 5.74) is 0. The second-order valence-electron chi connectivity index (χ2n) is 27.2. The number of carbonyl (C=O) groups is 4. The highest BCUT2D eigenvalue weighted by Gasteiger charge is 2.30. The normalized spacial score (nSPS) is 14.0. The molecular weight excluding hydrogens is 1220 g/mol. The topological polar surface area (TPSA) is 237 Å². The summed E-state index contributed by atoms with van der Waals surface area (Å²) in [6, 6.07) is 0. The zero-order valence-electron chi connectivity index (χ0n) is 60.4.